The number of nitrogens with one attached hydrogen (secondary N) is 1. The number of hydrogen-bond acceptors (Lipinski definition) is 3. The summed E-state index contributed by atoms with van der Waals surface area (Å²) in [6, 6.07) is 6.86. The van der Waals surface area contributed by atoms with Crippen LogP contribution in [0.4, 0.5) is 26.3 Å². The summed E-state index contributed by atoms with van der Waals surface area (Å²) in [7, 11) is 1.09. The minimum atomic E-state index is -4.50. The first-order chi connectivity index (χ1) is 13.9. The van der Waals surface area contributed by atoms with Crippen LogP contribution >= 0.6 is 0 Å². The molecule has 1 atom stereocenters. The quantitative estimate of drug-likeness (QED) is 0.550. The number of alkyl halides is 6. The van der Waals surface area contributed by atoms with Gasteiger partial charge in [0.1, 0.15) is 6.04 Å². The Morgan fingerprint density at radius 2 is 1.27 bits per heavy atom. The highest BCUT2D eigenvalue weighted by Gasteiger charge is 2.31. The number of methoxy groups -OCH3 is 1. The summed E-state index contributed by atoms with van der Waals surface area (Å²) in [6.07, 6.45) is -9.42. The Labute approximate surface area is 167 Å². The molecule has 1 amide bonds. The Balaban J connectivity index is 2.05. The topological polar surface area (TPSA) is 55.4 Å². The highest BCUT2D eigenvalue weighted by Crippen LogP contribution is 2.30. The number of carbonyl (C=O) groups excluding carboxylic acids is 2. The lowest BCUT2D eigenvalue weighted by Crippen LogP contribution is -2.43. The monoisotopic (exact) mass is 433 g/mol. The summed E-state index contributed by atoms with van der Waals surface area (Å²) in [4.78, 5) is 24.2. The van der Waals surface area contributed by atoms with E-state index < -0.39 is 41.4 Å². The Bertz CT molecular complexity index is 873. The average Bonchev–Trinajstić information content (AvgIpc) is 2.66. The SMILES string of the molecule is COC(=O)[C@@H](Cc1ccc(C(F)(F)F)cc1)NC(=O)Cc1ccc(C(F)(F)F)cc1. The van der Waals surface area contributed by atoms with Gasteiger partial charge >= 0.3 is 18.3 Å². The second-order valence-corrected chi connectivity index (χ2v) is 6.41. The van der Waals surface area contributed by atoms with E-state index in [4.69, 9.17) is 0 Å². The molecule has 0 aliphatic carbocycles. The van der Waals surface area contributed by atoms with Gasteiger partial charge in [-0.2, -0.15) is 26.3 Å². The minimum Gasteiger partial charge on any atom is -0.467 e. The van der Waals surface area contributed by atoms with Gasteiger partial charge in [-0.1, -0.05) is 24.3 Å². The zero-order chi connectivity index (χ0) is 22.5. The first kappa shape index (κ1) is 23.2. The van der Waals surface area contributed by atoms with Crippen LogP contribution in [0.2, 0.25) is 0 Å². The Hall–Kier alpha value is -3.04. The fraction of sp³-hybridized carbons (Fsp3) is 0.300. The summed E-state index contributed by atoms with van der Waals surface area (Å²) in [5.41, 5.74) is -1.07. The van der Waals surface area contributed by atoms with E-state index in [1.807, 2.05) is 0 Å². The number of carbonyl (C=O) groups is 2. The predicted molar refractivity (Wildman–Crippen MR) is 94.2 cm³/mol. The van der Waals surface area contributed by atoms with Crippen molar-refractivity contribution in [2.75, 3.05) is 7.11 Å². The maximum Gasteiger partial charge on any atom is 0.416 e. The molecular formula is C20H17F6NO3. The second kappa shape index (κ2) is 9.19. The first-order valence-electron chi connectivity index (χ1n) is 8.59. The van der Waals surface area contributed by atoms with Crippen LogP contribution in [0, 0.1) is 0 Å². The molecule has 1 N–H and O–H groups in total. The molecule has 2 aromatic carbocycles. The lowest BCUT2D eigenvalue weighted by Gasteiger charge is -2.17. The van der Waals surface area contributed by atoms with E-state index in [1.54, 1.807) is 0 Å². The molecule has 0 fully saturated rings. The molecule has 2 aromatic rings. The van der Waals surface area contributed by atoms with Crippen molar-refractivity contribution >= 4 is 11.9 Å². The van der Waals surface area contributed by atoms with Crippen molar-refractivity contribution in [3.63, 3.8) is 0 Å². The maximum absolute atomic E-state index is 12.6. The smallest absolute Gasteiger partial charge is 0.416 e. The third-order valence-corrected chi connectivity index (χ3v) is 4.19. The highest BCUT2D eigenvalue weighted by atomic mass is 19.4. The third-order valence-electron chi connectivity index (χ3n) is 4.19. The molecule has 0 spiro atoms. The van der Waals surface area contributed by atoms with Crippen molar-refractivity contribution in [3.8, 4) is 0 Å². The van der Waals surface area contributed by atoms with Crippen LogP contribution in [0.5, 0.6) is 0 Å². The van der Waals surface area contributed by atoms with E-state index in [0.29, 0.717) is 11.1 Å². The molecule has 2 rings (SSSR count). The molecule has 10 heteroatoms. The summed E-state index contributed by atoms with van der Waals surface area (Å²) in [6.45, 7) is 0. The molecular weight excluding hydrogens is 416 g/mol. The van der Waals surface area contributed by atoms with Crippen molar-refractivity contribution in [1.82, 2.24) is 5.32 Å². The lowest BCUT2D eigenvalue weighted by molar-refractivity contribution is -0.145. The number of benzene rings is 2. The normalized spacial score (nSPS) is 12.9. The van der Waals surface area contributed by atoms with Gasteiger partial charge in [-0.25, -0.2) is 4.79 Å². The molecule has 0 unspecified atom stereocenters. The van der Waals surface area contributed by atoms with Crippen LogP contribution in [-0.4, -0.2) is 25.0 Å². The summed E-state index contributed by atoms with van der Waals surface area (Å²) >= 11 is 0. The van der Waals surface area contributed by atoms with Crippen LogP contribution in [0.25, 0.3) is 0 Å². The molecule has 0 aromatic heterocycles. The van der Waals surface area contributed by atoms with E-state index in [2.05, 4.69) is 10.1 Å². The molecule has 0 heterocycles. The molecule has 0 aliphatic rings. The van der Waals surface area contributed by atoms with Crippen molar-refractivity contribution in [2.45, 2.75) is 31.2 Å². The molecule has 0 saturated heterocycles. The number of ether oxygens (including phenoxy) is 1. The number of halogens is 6. The Morgan fingerprint density at radius 3 is 1.67 bits per heavy atom. The molecule has 4 nitrogen and oxygen atoms in total. The minimum absolute atomic E-state index is 0.121. The molecule has 0 aliphatic heterocycles. The van der Waals surface area contributed by atoms with Gasteiger partial charge in [0.2, 0.25) is 5.91 Å². The number of esters is 1. The van der Waals surface area contributed by atoms with Gasteiger partial charge in [-0.15, -0.1) is 0 Å². The molecule has 162 valence electrons. The van der Waals surface area contributed by atoms with Gasteiger partial charge < -0.3 is 10.1 Å². The van der Waals surface area contributed by atoms with Crippen LogP contribution < -0.4 is 5.32 Å². The van der Waals surface area contributed by atoms with Crippen molar-refractivity contribution < 1.29 is 40.7 Å². The highest BCUT2D eigenvalue weighted by molar-refractivity contribution is 5.85. The van der Waals surface area contributed by atoms with E-state index in [9.17, 15) is 35.9 Å². The molecule has 0 radical (unpaired) electrons. The van der Waals surface area contributed by atoms with Gasteiger partial charge in [-0.05, 0) is 35.4 Å². The standard InChI is InChI=1S/C20H17F6NO3/c1-30-18(29)16(10-12-2-6-14(7-3-12)19(21,22)23)27-17(28)11-13-4-8-15(9-5-13)20(24,25)26/h2-9,16H,10-11H2,1H3,(H,27,28)/t16-/m1/s1. The third kappa shape index (κ3) is 6.50. The maximum atomic E-state index is 12.6. The zero-order valence-corrected chi connectivity index (χ0v) is 15.6. The predicted octanol–water partition coefficient (Wildman–Crippen LogP) is 4.17. The summed E-state index contributed by atoms with van der Waals surface area (Å²) in [5.74, 6) is -1.47. The van der Waals surface area contributed by atoms with Crippen LogP contribution in [0.15, 0.2) is 48.5 Å². The summed E-state index contributed by atoms with van der Waals surface area (Å²) < 4.78 is 80.3. The molecule has 30 heavy (non-hydrogen) atoms. The molecule has 0 bridgehead atoms. The number of hydrogen-bond donors (Lipinski definition) is 1. The zero-order valence-electron chi connectivity index (χ0n) is 15.6. The Kier molecular flexibility index (Phi) is 7.12. The van der Waals surface area contributed by atoms with Crippen molar-refractivity contribution in [3.05, 3.63) is 70.8 Å². The van der Waals surface area contributed by atoms with Gasteiger partial charge in [0, 0.05) is 6.42 Å². The van der Waals surface area contributed by atoms with Crippen molar-refractivity contribution in [2.24, 2.45) is 0 Å². The van der Waals surface area contributed by atoms with Crippen molar-refractivity contribution in [1.29, 1.82) is 0 Å². The fourth-order valence-corrected chi connectivity index (χ4v) is 2.64. The first-order valence-corrected chi connectivity index (χ1v) is 8.59. The number of amides is 1. The van der Waals surface area contributed by atoms with Gasteiger partial charge in [0.15, 0.2) is 0 Å². The van der Waals surface area contributed by atoms with E-state index in [1.165, 1.54) is 12.1 Å². The largest absolute Gasteiger partial charge is 0.467 e. The second-order valence-electron chi connectivity index (χ2n) is 6.41. The Morgan fingerprint density at radius 1 is 0.833 bits per heavy atom. The van der Waals surface area contributed by atoms with Crippen LogP contribution in [0.3, 0.4) is 0 Å². The van der Waals surface area contributed by atoms with E-state index in [0.717, 1.165) is 43.5 Å². The lowest BCUT2D eigenvalue weighted by atomic mass is 10.0. The van der Waals surface area contributed by atoms with Crippen LogP contribution in [0.1, 0.15) is 22.3 Å². The van der Waals surface area contributed by atoms with Crippen LogP contribution in [-0.2, 0) is 39.5 Å². The summed E-state index contributed by atoms with van der Waals surface area (Å²) in [5, 5.41) is 2.40. The molecule has 0 saturated carbocycles. The average molecular weight is 433 g/mol. The number of rotatable bonds is 6. The van der Waals surface area contributed by atoms with Gasteiger partial charge in [-0.3, -0.25) is 4.79 Å². The van der Waals surface area contributed by atoms with Gasteiger partial charge in [0.25, 0.3) is 0 Å². The van der Waals surface area contributed by atoms with Gasteiger partial charge in [0.05, 0.1) is 24.7 Å². The van der Waals surface area contributed by atoms with E-state index >= 15 is 0 Å². The fourth-order valence-electron chi connectivity index (χ4n) is 2.64. The van der Waals surface area contributed by atoms with E-state index in [-0.39, 0.29) is 12.8 Å².